The summed E-state index contributed by atoms with van der Waals surface area (Å²) in [4.78, 5) is 10.6. The maximum Gasteiger partial charge on any atom is 0.269 e. The van der Waals surface area contributed by atoms with Crippen LogP contribution in [-0.2, 0) is 0 Å². The van der Waals surface area contributed by atoms with Crippen LogP contribution in [0.4, 0.5) is 5.69 Å². The van der Waals surface area contributed by atoms with Crippen molar-refractivity contribution in [1.29, 1.82) is 0 Å². The highest BCUT2D eigenvalue weighted by molar-refractivity contribution is 5.45. The molecule has 0 aromatic heterocycles. The van der Waals surface area contributed by atoms with E-state index in [4.69, 9.17) is 4.74 Å². The number of ether oxygens (including phenoxy) is 1. The first-order valence-corrected chi connectivity index (χ1v) is 9.92. The predicted octanol–water partition coefficient (Wildman–Crippen LogP) is 7.02. The first kappa shape index (κ1) is 21.5. The Morgan fingerprint density at radius 3 is 2.08 bits per heavy atom. The maximum atomic E-state index is 11.0. The highest BCUT2D eigenvalue weighted by Crippen LogP contribution is 2.33. The van der Waals surface area contributed by atoms with Crippen molar-refractivity contribution in [2.45, 2.75) is 90.4 Å². The van der Waals surface area contributed by atoms with Crippen molar-refractivity contribution < 1.29 is 9.66 Å². The molecule has 0 aliphatic rings. The summed E-state index contributed by atoms with van der Waals surface area (Å²) in [7, 11) is 1.62. The van der Waals surface area contributed by atoms with E-state index in [0.29, 0.717) is 0 Å². The van der Waals surface area contributed by atoms with Crippen molar-refractivity contribution in [1.82, 2.24) is 0 Å². The average molecular weight is 350 g/mol. The fraction of sp³-hybridized carbons (Fsp3) is 0.714. The zero-order chi connectivity index (χ0) is 18.5. The molecule has 4 heteroatoms. The number of methoxy groups -OCH3 is 1. The SMILES string of the molecule is CCCCCCCCCCCCC(C)c1cc([N+](=O)[O-])ccc1OC. The Kier molecular flexibility index (Phi) is 10.9. The van der Waals surface area contributed by atoms with Gasteiger partial charge in [-0.15, -0.1) is 0 Å². The molecule has 1 unspecified atom stereocenters. The van der Waals surface area contributed by atoms with Gasteiger partial charge in [-0.3, -0.25) is 10.1 Å². The number of non-ortho nitro benzene ring substituents is 1. The van der Waals surface area contributed by atoms with E-state index in [1.807, 2.05) is 0 Å². The molecule has 0 aliphatic carbocycles. The molecule has 0 fully saturated rings. The summed E-state index contributed by atoms with van der Waals surface area (Å²) in [5.74, 6) is 1.04. The third-order valence-electron chi connectivity index (χ3n) is 4.95. The lowest BCUT2D eigenvalue weighted by Crippen LogP contribution is -2.00. The van der Waals surface area contributed by atoms with Gasteiger partial charge in [0.15, 0.2) is 0 Å². The standard InChI is InChI=1S/C21H35NO3/c1-4-5-6-7-8-9-10-11-12-13-14-18(2)20-17-19(22(23)24)15-16-21(20)25-3/h15-18H,4-14H2,1-3H3. The Bertz CT molecular complexity index is 502. The number of benzene rings is 1. The van der Waals surface area contributed by atoms with E-state index in [1.54, 1.807) is 19.2 Å². The number of nitro benzene ring substituents is 1. The molecule has 0 heterocycles. The van der Waals surface area contributed by atoms with Gasteiger partial charge in [0, 0.05) is 17.7 Å². The van der Waals surface area contributed by atoms with Gasteiger partial charge in [-0.2, -0.15) is 0 Å². The molecule has 0 saturated carbocycles. The molecule has 0 aliphatic heterocycles. The second-order valence-corrected chi connectivity index (χ2v) is 7.06. The number of nitrogens with zero attached hydrogens (tertiary/aromatic N) is 1. The van der Waals surface area contributed by atoms with Gasteiger partial charge in [-0.25, -0.2) is 0 Å². The molecule has 0 saturated heterocycles. The normalized spacial score (nSPS) is 12.1. The minimum atomic E-state index is -0.337. The van der Waals surface area contributed by atoms with Gasteiger partial charge in [0.05, 0.1) is 12.0 Å². The van der Waals surface area contributed by atoms with Crippen LogP contribution in [0.1, 0.15) is 96.0 Å². The van der Waals surface area contributed by atoms with Gasteiger partial charge < -0.3 is 4.74 Å². The third kappa shape index (κ3) is 8.37. The van der Waals surface area contributed by atoms with Crippen LogP contribution in [0, 0.1) is 10.1 Å². The lowest BCUT2D eigenvalue weighted by atomic mass is 9.93. The van der Waals surface area contributed by atoms with Crippen LogP contribution in [0.25, 0.3) is 0 Å². The molecule has 1 atom stereocenters. The molecule has 0 radical (unpaired) electrons. The Hall–Kier alpha value is -1.58. The van der Waals surface area contributed by atoms with Crippen molar-refractivity contribution in [3.63, 3.8) is 0 Å². The first-order valence-electron chi connectivity index (χ1n) is 9.92. The van der Waals surface area contributed by atoms with Gasteiger partial charge in [0.2, 0.25) is 0 Å². The molecular formula is C21H35NO3. The van der Waals surface area contributed by atoms with Gasteiger partial charge in [0.1, 0.15) is 5.75 Å². The van der Waals surface area contributed by atoms with Crippen molar-refractivity contribution >= 4 is 5.69 Å². The second-order valence-electron chi connectivity index (χ2n) is 7.06. The molecular weight excluding hydrogens is 314 g/mol. The summed E-state index contributed by atoms with van der Waals surface area (Å²) in [6.07, 6.45) is 14.3. The maximum absolute atomic E-state index is 11.0. The van der Waals surface area contributed by atoms with Gasteiger partial charge >= 0.3 is 0 Å². The number of hydrogen-bond acceptors (Lipinski definition) is 3. The van der Waals surface area contributed by atoms with E-state index in [-0.39, 0.29) is 16.5 Å². The summed E-state index contributed by atoms with van der Waals surface area (Å²) in [5.41, 5.74) is 1.10. The van der Waals surface area contributed by atoms with E-state index < -0.39 is 0 Å². The Morgan fingerprint density at radius 1 is 1.00 bits per heavy atom. The summed E-state index contributed by atoms with van der Waals surface area (Å²) in [6.45, 7) is 4.39. The number of rotatable bonds is 14. The first-order chi connectivity index (χ1) is 12.1. The minimum absolute atomic E-state index is 0.144. The van der Waals surface area contributed by atoms with E-state index in [1.165, 1.54) is 70.3 Å². The fourth-order valence-corrected chi connectivity index (χ4v) is 3.31. The summed E-state index contributed by atoms with van der Waals surface area (Å²) < 4.78 is 5.38. The monoisotopic (exact) mass is 349 g/mol. The number of nitro groups is 1. The van der Waals surface area contributed by atoms with Gasteiger partial charge in [0.25, 0.3) is 5.69 Å². The molecule has 1 aromatic carbocycles. The Labute approximate surface area is 153 Å². The topological polar surface area (TPSA) is 52.4 Å². The Morgan fingerprint density at radius 2 is 1.56 bits per heavy atom. The highest BCUT2D eigenvalue weighted by atomic mass is 16.6. The molecule has 0 amide bonds. The molecule has 0 N–H and O–H groups in total. The second kappa shape index (κ2) is 12.7. The Balaban J connectivity index is 2.27. The van der Waals surface area contributed by atoms with Gasteiger partial charge in [-0.1, -0.05) is 78.1 Å². The number of unbranched alkanes of at least 4 members (excludes halogenated alkanes) is 9. The van der Waals surface area contributed by atoms with Crippen LogP contribution >= 0.6 is 0 Å². The van der Waals surface area contributed by atoms with Crippen LogP contribution in [0.2, 0.25) is 0 Å². The van der Waals surface area contributed by atoms with Crippen LogP contribution in [-0.4, -0.2) is 12.0 Å². The van der Waals surface area contributed by atoms with Crippen molar-refractivity contribution in [2.24, 2.45) is 0 Å². The van der Waals surface area contributed by atoms with Crippen molar-refractivity contribution in [2.75, 3.05) is 7.11 Å². The molecule has 1 aromatic rings. The van der Waals surface area contributed by atoms with Gasteiger partial charge in [-0.05, 0) is 18.4 Å². The summed E-state index contributed by atoms with van der Waals surface area (Å²) >= 11 is 0. The molecule has 0 bridgehead atoms. The van der Waals surface area contributed by atoms with E-state index in [2.05, 4.69) is 13.8 Å². The molecule has 1 rings (SSSR count). The molecule has 25 heavy (non-hydrogen) atoms. The lowest BCUT2D eigenvalue weighted by molar-refractivity contribution is -0.385. The molecule has 0 spiro atoms. The van der Waals surface area contributed by atoms with E-state index in [9.17, 15) is 10.1 Å². The smallest absolute Gasteiger partial charge is 0.269 e. The zero-order valence-corrected chi connectivity index (χ0v) is 16.3. The van der Waals surface area contributed by atoms with Crippen molar-refractivity contribution in [3.8, 4) is 5.75 Å². The molecule has 4 nitrogen and oxygen atoms in total. The fourth-order valence-electron chi connectivity index (χ4n) is 3.31. The zero-order valence-electron chi connectivity index (χ0n) is 16.3. The van der Waals surface area contributed by atoms with Crippen molar-refractivity contribution in [3.05, 3.63) is 33.9 Å². The van der Waals surface area contributed by atoms with Crippen LogP contribution in [0.3, 0.4) is 0 Å². The average Bonchev–Trinajstić information content (AvgIpc) is 2.62. The summed E-state index contributed by atoms with van der Waals surface area (Å²) in [6, 6.07) is 4.89. The third-order valence-corrected chi connectivity index (χ3v) is 4.95. The summed E-state index contributed by atoms with van der Waals surface area (Å²) in [5, 5.41) is 11.0. The lowest BCUT2D eigenvalue weighted by Gasteiger charge is -2.15. The van der Waals surface area contributed by atoms with E-state index in [0.717, 1.165) is 17.7 Å². The van der Waals surface area contributed by atoms with Crippen LogP contribution in [0.5, 0.6) is 5.75 Å². The largest absolute Gasteiger partial charge is 0.496 e. The predicted molar refractivity (Wildman–Crippen MR) is 105 cm³/mol. The number of hydrogen-bond donors (Lipinski definition) is 0. The van der Waals surface area contributed by atoms with Crippen LogP contribution in [0.15, 0.2) is 18.2 Å². The van der Waals surface area contributed by atoms with E-state index >= 15 is 0 Å². The minimum Gasteiger partial charge on any atom is -0.496 e. The molecule has 142 valence electrons. The van der Waals surface area contributed by atoms with Crippen LogP contribution < -0.4 is 4.74 Å². The highest BCUT2D eigenvalue weighted by Gasteiger charge is 2.16. The quantitative estimate of drug-likeness (QED) is 0.206.